The fourth-order valence-electron chi connectivity index (χ4n) is 3.13. The molecular weight excluding hydrogens is 450 g/mol. The average molecular weight is 470 g/mol. The van der Waals surface area contributed by atoms with Gasteiger partial charge < -0.3 is 0 Å². The maximum atomic E-state index is 12.9. The minimum atomic E-state index is -3.91. The molecule has 0 spiro atoms. The number of amides is 1. The molecule has 0 radical (unpaired) electrons. The summed E-state index contributed by atoms with van der Waals surface area (Å²) in [5, 5.41) is 7.94. The predicted molar refractivity (Wildman–Crippen MR) is 121 cm³/mol. The molecule has 4 aromatic rings. The first-order valence-electron chi connectivity index (χ1n) is 9.59. The van der Waals surface area contributed by atoms with Gasteiger partial charge in [0.15, 0.2) is 0 Å². The molecule has 2 aromatic heterocycles. The second kappa shape index (κ2) is 8.99. The number of hydrogen-bond donors (Lipinski definition) is 2. The standard InChI is InChI=1S/C21H19N5O4S2/c1-14-13-31-20(22-14)12-26-21(28)17-10-6-5-9-16(17)18(24-26)11-19(27)23-25-32(29,30)15-7-3-2-4-8-15/h2-10,13,25H,11-12H2,1H3,(H,23,27). The van der Waals surface area contributed by atoms with E-state index in [0.717, 1.165) is 10.7 Å². The van der Waals surface area contributed by atoms with Gasteiger partial charge in [-0.3, -0.25) is 15.0 Å². The number of fused-ring (bicyclic) bond motifs is 1. The van der Waals surface area contributed by atoms with Crippen LogP contribution >= 0.6 is 11.3 Å². The van der Waals surface area contributed by atoms with Gasteiger partial charge >= 0.3 is 0 Å². The smallest absolute Gasteiger partial charge is 0.275 e. The number of aromatic nitrogens is 3. The molecule has 164 valence electrons. The van der Waals surface area contributed by atoms with Gasteiger partial charge in [-0.2, -0.15) is 5.10 Å². The van der Waals surface area contributed by atoms with Crippen LogP contribution < -0.4 is 15.8 Å². The van der Waals surface area contributed by atoms with Crippen LogP contribution in [0.2, 0.25) is 0 Å². The van der Waals surface area contributed by atoms with E-state index in [1.54, 1.807) is 42.5 Å². The highest BCUT2D eigenvalue weighted by molar-refractivity contribution is 7.89. The molecule has 0 atom stereocenters. The Balaban J connectivity index is 1.58. The third-order valence-corrected chi connectivity index (χ3v) is 6.82. The van der Waals surface area contributed by atoms with E-state index < -0.39 is 15.9 Å². The molecule has 0 aliphatic heterocycles. The van der Waals surface area contributed by atoms with Crippen molar-refractivity contribution in [3.8, 4) is 0 Å². The summed E-state index contributed by atoms with van der Waals surface area (Å²) in [5.41, 5.74) is 3.12. The second-order valence-electron chi connectivity index (χ2n) is 6.98. The Morgan fingerprint density at radius 1 is 1.06 bits per heavy atom. The lowest BCUT2D eigenvalue weighted by molar-refractivity contribution is -0.120. The molecule has 0 saturated heterocycles. The molecule has 9 nitrogen and oxygen atoms in total. The summed E-state index contributed by atoms with van der Waals surface area (Å²) >= 11 is 1.42. The molecule has 2 N–H and O–H groups in total. The van der Waals surface area contributed by atoms with Crippen LogP contribution in [0.1, 0.15) is 16.4 Å². The molecule has 11 heteroatoms. The van der Waals surface area contributed by atoms with E-state index in [9.17, 15) is 18.0 Å². The Kier molecular flexibility index (Phi) is 6.12. The summed E-state index contributed by atoms with van der Waals surface area (Å²) in [6.45, 7) is 2.04. The van der Waals surface area contributed by atoms with Crippen molar-refractivity contribution in [2.24, 2.45) is 0 Å². The van der Waals surface area contributed by atoms with Crippen molar-refractivity contribution in [2.75, 3.05) is 0 Å². The zero-order valence-corrected chi connectivity index (χ0v) is 18.6. The lowest BCUT2D eigenvalue weighted by Crippen LogP contribution is -2.42. The minimum Gasteiger partial charge on any atom is -0.277 e. The van der Waals surface area contributed by atoms with Crippen LogP contribution in [0.25, 0.3) is 10.8 Å². The number of hydrazine groups is 1. The average Bonchev–Trinajstić information content (AvgIpc) is 3.21. The highest BCUT2D eigenvalue weighted by Gasteiger charge is 2.17. The van der Waals surface area contributed by atoms with E-state index in [2.05, 4.69) is 20.3 Å². The number of hydrogen-bond acceptors (Lipinski definition) is 7. The first-order valence-corrected chi connectivity index (χ1v) is 12.0. The molecular formula is C21H19N5O4S2. The minimum absolute atomic E-state index is 0.0242. The summed E-state index contributed by atoms with van der Waals surface area (Å²) < 4.78 is 25.9. The summed E-state index contributed by atoms with van der Waals surface area (Å²) in [5.74, 6) is -0.613. The SMILES string of the molecule is Cc1csc(Cn2nc(CC(=O)NNS(=O)(=O)c3ccccc3)c3ccccc3c2=O)n1. The number of aryl methyl sites for hydroxylation is 1. The Morgan fingerprint density at radius 3 is 2.44 bits per heavy atom. The van der Waals surface area contributed by atoms with Crippen molar-refractivity contribution in [2.45, 2.75) is 24.8 Å². The van der Waals surface area contributed by atoms with Crippen LogP contribution in [0.15, 0.2) is 69.7 Å². The number of nitrogens with one attached hydrogen (secondary N) is 2. The van der Waals surface area contributed by atoms with Gasteiger partial charge in [-0.15, -0.1) is 16.2 Å². The van der Waals surface area contributed by atoms with E-state index in [4.69, 9.17) is 0 Å². The normalized spacial score (nSPS) is 11.5. The van der Waals surface area contributed by atoms with Crippen molar-refractivity contribution >= 4 is 38.0 Å². The van der Waals surface area contributed by atoms with Gasteiger partial charge in [0.2, 0.25) is 5.91 Å². The van der Waals surface area contributed by atoms with Gasteiger partial charge in [0.1, 0.15) is 5.01 Å². The zero-order valence-electron chi connectivity index (χ0n) is 17.0. The third-order valence-electron chi connectivity index (χ3n) is 4.60. The Morgan fingerprint density at radius 2 is 1.75 bits per heavy atom. The Labute approximate surface area is 187 Å². The van der Waals surface area contributed by atoms with Crippen molar-refractivity contribution in [3.05, 3.63) is 86.7 Å². The summed E-state index contributed by atoms with van der Waals surface area (Å²) in [4.78, 5) is 31.9. The maximum absolute atomic E-state index is 12.9. The van der Waals surface area contributed by atoms with Crippen LogP contribution in [0, 0.1) is 6.92 Å². The molecule has 0 aliphatic carbocycles. The molecule has 2 aromatic carbocycles. The Hall–Kier alpha value is -3.41. The topological polar surface area (TPSA) is 123 Å². The molecule has 0 saturated carbocycles. The van der Waals surface area contributed by atoms with Gasteiger partial charge in [-0.1, -0.05) is 36.4 Å². The fraction of sp³-hybridized carbons (Fsp3) is 0.143. The number of nitrogens with zero attached hydrogens (tertiary/aromatic N) is 3. The monoisotopic (exact) mass is 469 g/mol. The van der Waals surface area contributed by atoms with E-state index in [1.165, 1.54) is 28.2 Å². The van der Waals surface area contributed by atoms with Crippen molar-refractivity contribution in [1.82, 2.24) is 25.0 Å². The third kappa shape index (κ3) is 4.74. The number of rotatable bonds is 7. The molecule has 0 unspecified atom stereocenters. The number of carbonyl (C=O) groups is 1. The highest BCUT2D eigenvalue weighted by atomic mass is 32.2. The van der Waals surface area contributed by atoms with Crippen LogP contribution in [-0.4, -0.2) is 29.1 Å². The largest absolute Gasteiger partial charge is 0.277 e. The number of benzene rings is 2. The van der Waals surface area contributed by atoms with Crippen LogP contribution in [0.4, 0.5) is 0 Å². The van der Waals surface area contributed by atoms with Crippen LogP contribution in [0.5, 0.6) is 0 Å². The van der Waals surface area contributed by atoms with Gasteiger partial charge in [0.05, 0.1) is 28.9 Å². The molecule has 0 aliphatic rings. The van der Waals surface area contributed by atoms with Crippen molar-refractivity contribution < 1.29 is 13.2 Å². The van der Waals surface area contributed by atoms with Gasteiger partial charge in [-0.05, 0) is 25.1 Å². The second-order valence-corrected chi connectivity index (χ2v) is 9.61. The van der Waals surface area contributed by atoms with Crippen molar-refractivity contribution in [3.63, 3.8) is 0 Å². The highest BCUT2D eigenvalue weighted by Crippen LogP contribution is 2.15. The van der Waals surface area contributed by atoms with Gasteiger partial charge in [-0.25, -0.2) is 18.1 Å². The maximum Gasteiger partial charge on any atom is 0.275 e. The summed E-state index contributed by atoms with van der Waals surface area (Å²) in [7, 11) is -3.91. The van der Waals surface area contributed by atoms with Gasteiger partial charge in [0, 0.05) is 16.5 Å². The summed E-state index contributed by atoms with van der Waals surface area (Å²) in [6.07, 6.45) is -0.227. The first kappa shape index (κ1) is 21.8. The predicted octanol–water partition coefficient (Wildman–Crippen LogP) is 1.76. The van der Waals surface area contributed by atoms with Crippen LogP contribution in [0.3, 0.4) is 0 Å². The lowest BCUT2D eigenvalue weighted by atomic mass is 10.1. The first-order chi connectivity index (χ1) is 15.3. The number of thiazole rings is 1. The molecule has 4 rings (SSSR count). The quantitative estimate of drug-likeness (QED) is 0.398. The lowest BCUT2D eigenvalue weighted by Gasteiger charge is -2.11. The van der Waals surface area contributed by atoms with E-state index >= 15 is 0 Å². The fourth-order valence-corrected chi connectivity index (χ4v) is 4.76. The Bertz CT molecular complexity index is 1450. The molecule has 0 bridgehead atoms. The number of sulfonamides is 1. The van der Waals surface area contributed by atoms with E-state index in [0.29, 0.717) is 16.5 Å². The molecule has 2 heterocycles. The number of carbonyl (C=O) groups excluding carboxylic acids is 1. The van der Waals surface area contributed by atoms with E-state index in [1.807, 2.05) is 12.3 Å². The van der Waals surface area contributed by atoms with Crippen LogP contribution in [-0.2, 0) is 27.8 Å². The van der Waals surface area contributed by atoms with Gasteiger partial charge in [0.25, 0.3) is 15.6 Å². The van der Waals surface area contributed by atoms with Crippen molar-refractivity contribution in [1.29, 1.82) is 0 Å². The summed E-state index contributed by atoms with van der Waals surface area (Å²) in [6, 6.07) is 14.5. The molecule has 32 heavy (non-hydrogen) atoms. The molecule has 0 fully saturated rings. The van der Waals surface area contributed by atoms with E-state index in [-0.39, 0.29) is 23.4 Å². The zero-order chi connectivity index (χ0) is 22.7. The molecule has 1 amide bonds.